The van der Waals surface area contributed by atoms with Gasteiger partial charge in [-0.25, -0.2) is 4.79 Å². The Kier molecular flexibility index (Phi) is 5.49. The molecule has 0 N–H and O–H groups in total. The van der Waals surface area contributed by atoms with Crippen LogP contribution in [0.1, 0.15) is 10.4 Å². The van der Waals surface area contributed by atoms with Gasteiger partial charge in [0, 0.05) is 5.56 Å². The minimum atomic E-state index is -0.887. The lowest BCUT2D eigenvalue weighted by molar-refractivity contribution is -0.135. The molecule has 0 aliphatic heterocycles. The normalized spacial score (nSPS) is 10.3. The van der Waals surface area contributed by atoms with Gasteiger partial charge in [0.2, 0.25) is 0 Å². The second-order valence-corrected chi connectivity index (χ2v) is 5.55. The van der Waals surface area contributed by atoms with Crippen molar-refractivity contribution in [1.82, 2.24) is 0 Å². The zero-order valence-electron chi connectivity index (χ0n) is 14.3. The molecule has 5 heteroatoms. The van der Waals surface area contributed by atoms with Crippen LogP contribution in [0.25, 0.3) is 10.8 Å². The first-order chi connectivity index (χ1) is 12.7. The lowest BCUT2D eigenvalue weighted by atomic mass is 10.1. The largest absolute Gasteiger partial charge is 0.490 e. The van der Waals surface area contributed by atoms with E-state index in [9.17, 15) is 9.59 Å². The molecule has 0 aromatic heterocycles. The Morgan fingerprint density at radius 2 is 1.38 bits per heavy atom. The van der Waals surface area contributed by atoms with Crippen LogP contribution in [0.3, 0.4) is 0 Å². The highest BCUT2D eigenvalue weighted by Crippen LogP contribution is 2.20. The van der Waals surface area contributed by atoms with E-state index in [0.717, 1.165) is 16.5 Å². The van der Waals surface area contributed by atoms with Gasteiger partial charge in [-0.2, -0.15) is 0 Å². The van der Waals surface area contributed by atoms with Gasteiger partial charge in [-0.1, -0.05) is 30.3 Å². The molecule has 0 bridgehead atoms. The summed E-state index contributed by atoms with van der Waals surface area (Å²) >= 11 is 0. The maximum Gasteiger partial charge on any atom is 0.379 e. The summed E-state index contributed by atoms with van der Waals surface area (Å²) < 4.78 is 15.7. The minimum absolute atomic E-state index is 0.261. The van der Waals surface area contributed by atoms with Crippen LogP contribution in [-0.4, -0.2) is 32.1 Å². The number of ketones is 1. The third-order valence-corrected chi connectivity index (χ3v) is 3.83. The summed E-state index contributed by atoms with van der Waals surface area (Å²) in [7, 11) is 1.17. The van der Waals surface area contributed by atoms with E-state index in [1.807, 2.05) is 36.4 Å². The van der Waals surface area contributed by atoms with Gasteiger partial charge in [0.25, 0.3) is 5.78 Å². The summed E-state index contributed by atoms with van der Waals surface area (Å²) in [6.07, 6.45) is 0. The van der Waals surface area contributed by atoms with E-state index in [1.165, 1.54) is 19.2 Å². The summed E-state index contributed by atoms with van der Waals surface area (Å²) in [5.74, 6) is -0.194. The molecule has 0 fully saturated rings. The lowest BCUT2D eigenvalue weighted by Gasteiger charge is -2.09. The van der Waals surface area contributed by atoms with Crippen molar-refractivity contribution in [2.45, 2.75) is 0 Å². The molecule has 0 aliphatic carbocycles. The SMILES string of the molecule is COC(=O)C(=O)c1ccc(OCCOc2ccc3ccccc3c2)cc1. The van der Waals surface area contributed by atoms with E-state index < -0.39 is 11.8 Å². The molecule has 0 saturated carbocycles. The Balaban J connectivity index is 1.50. The number of hydrogen-bond acceptors (Lipinski definition) is 5. The third kappa shape index (κ3) is 4.19. The van der Waals surface area contributed by atoms with Crippen LogP contribution >= 0.6 is 0 Å². The Bertz CT molecular complexity index is 915. The highest BCUT2D eigenvalue weighted by molar-refractivity contribution is 6.40. The van der Waals surface area contributed by atoms with Gasteiger partial charge in [-0.3, -0.25) is 4.79 Å². The number of fused-ring (bicyclic) bond motifs is 1. The molecule has 3 rings (SSSR count). The van der Waals surface area contributed by atoms with Gasteiger partial charge >= 0.3 is 5.97 Å². The fraction of sp³-hybridized carbons (Fsp3) is 0.143. The lowest BCUT2D eigenvalue weighted by Crippen LogP contribution is -2.15. The van der Waals surface area contributed by atoms with Gasteiger partial charge < -0.3 is 14.2 Å². The van der Waals surface area contributed by atoms with Crippen molar-refractivity contribution in [3.05, 3.63) is 72.3 Å². The van der Waals surface area contributed by atoms with Gasteiger partial charge in [-0.15, -0.1) is 0 Å². The first-order valence-corrected chi connectivity index (χ1v) is 8.14. The molecule has 0 atom stereocenters. The standard InChI is InChI=1S/C21H18O5/c1-24-21(23)20(22)16-7-9-18(10-8-16)25-12-13-26-19-11-6-15-4-2-3-5-17(15)14-19/h2-11,14H,12-13H2,1H3. The van der Waals surface area contributed by atoms with Crippen molar-refractivity contribution in [2.75, 3.05) is 20.3 Å². The number of Topliss-reactive ketones (excluding diaryl/α,β-unsaturated/α-hetero) is 1. The Hall–Kier alpha value is -3.34. The molecule has 0 amide bonds. The number of carbonyl (C=O) groups excluding carboxylic acids is 2. The molecular formula is C21H18O5. The molecule has 3 aromatic carbocycles. The van der Waals surface area contributed by atoms with Crippen LogP contribution < -0.4 is 9.47 Å². The zero-order valence-corrected chi connectivity index (χ0v) is 14.3. The van der Waals surface area contributed by atoms with E-state index in [4.69, 9.17) is 9.47 Å². The highest BCUT2D eigenvalue weighted by Gasteiger charge is 2.16. The molecule has 26 heavy (non-hydrogen) atoms. The molecular weight excluding hydrogens is 332 g/mol. The first-order valence-electron chi connectivity index (χ1n) is 8.14. The fourth-order valence-corrected chi connectivity index (χ4v) is 2.49. The number of ether oxygens (including phenoxy) is 3. The number of benzene rings is 3. The minimum Gasteiger partial charge on any atom is -0.490 e. The van der Waals surface area contributed by atoms with Crippen LogP contribution in [0.15, 0.2) is 66.7 Å². The summed E-state index contributed by atoms with van der Waals surface area (Å²) in [6.45, 7) is 0.748. The average molecular weight is 350 g/mol. The molecule has 0 heterocycles. The van der Waals surface area contributed by atoms with Crippen LogP contribution in [0.5, 0.6) is 11.5 Å². The van der Waals surface area contributed by atoms with E-state index in [2.05, 4.69) is 10.8 Å². The van der Waals surface area contributed by atoms with Crippen LogP contribution in [0.2, 0.25) is 0 Å². The fourth-order valence-electron chi connectivity index (χ4n) is 2.49. The van der Waals surface area contributed by atoms with E-state index in [0.29, 0.717) is 19.0 Å². The van der Waals surface area contributed by atoms with Crippen LogP contribution in [-0.2, 0) is 9.53 Å². The molecule has 0 radical (unpaired) electrons. The predicted octanol–water partition coefficient (Wildman–Crippen LogP) is 3.65. The van der Waals surface area contributed by atoms with Crippen molar-refractivity contribution in [3.63, 3.8) is 0 Å². The summed E-state index contributed by atoms with van der Waals surface area (Å²) in [5, 5.41) is 2.29. The summed E-state index contributed by atoms with van der Waals surface area (Å²) in [5.41, 5.74) is 0.261. The smallest absolute Gasteiger partial charge is 0.379 e. The van der Waals surface area contributed by atoms with Gasteiger partial charge in [0.1, 0.15) is 24.7 Å². The van der Waals surface area contributed by atoms with E-state index >= 15 is 0 Å². The van der Waals surface area contributed by atoms with Crippen molar-refractivity contribution in [1.29, 1.82) is 0 Å². The summed E-state index contributed by atoms with van der Waals surface area (Å²) in [6, 6.07) is 20.3. The summed E-state index contributed by atoms with van der Waals surface area (Å²) in [4.78, 5) is 22.9. The van der Waals surface area contributed by atoms with Crippen molar-refractivity contribution < 1.29 is 23.8 Å². The van der Waals surface area contributed by atoms with Gasteiger partial charge in [-0.05, 0) is 47.2 Å². The maximum absolute atomic E-state index is 11.7. The Morgan fingerprint density at radius 1 is 0.769 bits per heavy atom. The third-order valence-electron chi connectivity index (χ3n) is 3.83. The number of carbonyl (C=O) groups is 2. The van der Waals surface area contributed by atoms with Crippen LogP contribution in [0, 0.1) is 0 Å². The van der Waals surface area contributed by atoms with Crippen molar-refractivity contribution in [2.24, 2.45) is 0 Å². The van der Waals surface area contributed by atoms with Crippen LogP contribution in [0.4, 0.5) is 0 Å². The van der Waals surface area contributed by atoms with Gasteiger partial charge in [0.15, 0.2) is 0 Å². The first kappa shape index (κ1) is 17.5. The Morgan fingerprint density at radius 3 is 2.08 bits per heavy atom. The highest BCUT2D eigenvalue weighted by atomic mass is 16.5. The maximum atomic E-state index is 11.7. The monoisotopic (exact) mass is 350 g/mol. The topological polar surface area (TPSA) is 61.8 Å². The van der Waals surface area contributed by atoms with Crippen molar-refractivity contribution >= 4 is 22.5 Å². The van der Waals surface area contributed by atoms with E-state index in [-0.39, 0.29) is 5.56 Å². The molecule has 0 aliphatic rings. The number of hydrogen-bond donors (Lipinski definition) is 0. The molecule has 0 spiro atoms. The Labute approximate surface area is 151 Å². The number of methoxy groups -OCH3 is 1. The molecule has 0 saturated heterocycles. The van der Waals surface area contributed by atoms with Gasteiger partial charge in [0.05, 0.1) is 7.11 Å². The predicted molar refractivity (Wildman–Crippen MR) is 97.7 cm³/mol. The average Bonchev–Trinajstić information content (AvgIpc) is 2.70. The second kappa shape index (κ2) is 8.16. The van der Waals surface area contributed by atoms with E-state index in [1.54, 1.807) is 12.1 Å². The second-order valence-electron chi connectivity index (χ2n) is 5.55. The van der Waals surface area contributed by atoms with Crippen molar-refractivity contribution in [3.8, 4) is 11.5 Å². The molecule has 3 aromatic rings. The molecule has 132 valence electrons. The molecule has 5 nitrogen and oxygen atoms in total. The quantitative estimate of drug-likeness (QED) is 0.282. The number of rotatable bonds is 7. The number of esters is 1. The zero-order chi connectivity index (χ0) is 18.4. The molecule has 0 unspecified atom stereocenters.